The van der Waals surface area contributed by atoms with Gasteiger partial charge in [-0.15, -0.1) is 0 Å². The minimum absolute atomic E-state index is 0.00647. The highest BCUT2D eigenvalue weighted by molar-refractivity contribution is 7.51. The van der Waals surface area contributed by atoms with Gasteiger partial charge in [-0.25, -0.2) is 0 Å². The Balaban J connectivity index is 2.36. The number of carbonyl (C=O) groups is 4. The molecule has 246 valence electrons. The number of hydrogen-bond acceptors (Lipinski definition) is 9. The minimum atomic E-state index is -5.15. The van der Waals surface area contributed by atoms with Crippen molar-refractivity contribution in [3.8, 4) is 0 Å². The molecule has 0 aliphatic heterocycles. The van der Waals surface area contributed by atoms with E-state index in [0.29, 0.717) is 0 Å². The summed E-state index contributed by atoms with van der Waals surface area (Å²) in [7, 11) is -4.76. The lowest BCUT2D eigenvalue weighted by Gasteiger charge is -2.30. The maximum absolute atomic E-state index is 13.3. The summed E-state index contributed by atoms with van der Waals surface area (Å²) in [6.45, 7) is -0.715. The molecule has 0 aromatic heterocycles. The van der Waals surface area contributed by atoms with Crippen LogP contribution in [0.4, 0.5) is 24.5 Å². The second-order valence-electron chi connectivity index (χ2n) is 9.17. The largest absolute Gasteiger partial charge is 0.481 e. The number of benzene rings is 2. The number of nitro benzene ring substituents is 1. The first kappa shape index (κ1) is 37.4. The molecule has 0 radical (unpaired) electrons. The summed E-state index contributed by atoms with van der Waals surface area (Å²) in [5.41, 5.74) is -0.564. The van der Waals surface area contributed by atoms with Crippen molar-refractivity contribution in [3.63, 3.8) is 0 Å². The molecule has 2 aromatic carbocycles. The van der Waals surface area contributed by atoms with Gasteiger partial charge < -0.3 is 25.4 Å². The van der Waals surface area contributed by atoms with E-state index in [-0.39, 0.29) is 41.8 Å². The second kappa shape index (κ2) is 16.5. The van der Waals surface area contributed by atoms with Crippen LogP contribution in [0.5, 0.6) is 0 Å². The second-order valence-corrected chi connectivity index (χ2v) is 12.1. The van der Waals surface area contributed by atoms with E-state index in [9.17, 15) is 51.9 Å². The van der Waals surface area contributed by atoms with E-state index >= 15 is 0 Å². The zero-order valence-electron chi connectivity index (χ0n) is 22.7. The van der Waals surface area contributed by atoms with Gasteiger partial charge in [0.05, 0.1) is 17.1 Å². The molecular weight excluding hydrogens is 677 g/mol. The molecule has 0 aliphatic rings. The van der Waals surface area contributed by atoms with Gasteiger partial charge in [0.1, 0.15) is 12.7 Å². The van der Waals surface area contributed by atoms with Crippen molar-refractivity contribution < 1.29 is 61.1 Å². The lowest BCUT2D eigenvalue weighted by atomic mass is 10.0. The summed E-state index contributed by atoms with van der Waals surface area (Å²) < 4.78 is 61.4. The summed E-state index contributed by atoms with van der Waals surface area (Å²) in [5.74, 6) is -5.32. The zero-order valence-corrected chi connectivity index (χ0v) is 25.1. The van der Waals surface area contributed by atoms with Gasteiger partial charge in [0.2, 0.25) is 0 Å². The quantitative estimate of drug-likeness (QED) is 0.0623. The number of carbonyl (C=O) groups excluding carboxylic acids is 3. The van der Waals surface area contributed by atoms with Crippen LogP contribution in [-0.4, -0.2) is 62.3 Å². The number of halogens is 5. The number of amides is 2. The molecule has 1 unspecified atom stereocenters. The molecule has 0 saturated heterocycles. The highest BCUT2D eigenvalue weighted by Crippen LogP contribution is 2.51. The fraction of sp³-hybridized carbons (Fsp3) is 0.360. The van der Waals surface area contributed by atoms with Crippen LogP contribution in [0.2, 0.25) is 0 Å². The minimum Gasteiger partial charge on any atom is -0.481 e. The third-order valence-electron chi connectivity index (χ3n) is 5.65. The summed E-state index contributed by atoms with van der Waals surface area (Å²) in [5, 5.41) is 23.8. The van der Waals surface area contributed by atoms with Gasteiger partial charge in [0.15, 0.2) is 4.84 Å². The number of nitrogens with zero attached hydrogens (tertiary/aromatic N) is 1. The maximum atomic E-state index is 13.3. The van der Waals surface area contributed by atoms with Crippen molar-refractivity contribution in [2.45, 2.75) is 48.6 Å². The number of nitrogens with one attached hydrogen (secondary N) is 2. The fourth-order valence-corrected chi connectivity index (χ4v) is 5.08. The highest BCUT2D eigenvalue weighted by atomic mass is 35.5. The summed E-state index contributed by atoms with van der Waals surface area (Å²) in [6.07, 6.45) is -8.29. The topological polar surface area (TPSA) is 211 Å². The molecule has 2 rings (SSSR count). The Hall–Kier alpha value is -3.76. The average molecular weight is 702 g/mol. The third-order valence-corrected chi connectivity index (χ3v) is 7.37. The predicted octanol–water partition coefficient (Wildman–Crippen LogP) is 4.63. The molecule has 45 heavy (non-hydrogen) atoms. The van der Waals surface area contributed by atoms with E-state index in [0.717, 1.165) is 48.5 Å². The number of ether oxygens (including phenoxy) is 1. The Morgan fingerprint density at radius 1 is 1.02 bits per heavy atom. The first-order valence-electron chi connectivity index (χ1n) is 12.6. The number of alkyl halides is 5. The van der Waals surface area contributed by atoms with Crippen molar-refractivity contribution in [2.24, 2.45) is 0 Å². The number of carboxylic acids is 1. The number of esters is 1. The molecule has 3 atom stereocenters. The van der Waals surface area contributed by atoms with Crippen LogP contribution in [0.1, 0.15) is 36.5 Å². The van der Waals surface area contributed by atoms with Crippen LogP contribution in [0.3, 0.4) is 0 Å². The van der Waals surface area contributed by atoms with Crippen molar-refractivity contribution in [1.29, 1.82) is 0 Å². The van der Waals surface area contributed by atoms with Crippen molar-refractivity contribution in [3.05, 3.63) is 69.8 Å². The first-order valence-corrected chi connectivity index (χ1v) is 15.2. The third kappa shape index (κ3) is 13.0. The molecular formula is C25H25Cl2F3N3O11P. The Labute approximate surface area is 262 Å². The van der Waals surface area contributed by atoms with Crippen LogP contribution in [-0.2, 0) is 39.2 Å². The van der Waals surface area contributed by atoms with E-state index in [1.165, 1.54) is 0 Å². The Bertz CT molecular complexity index is 1430. The SMILES string of the molecule is O=C(O)CCCC(=O)OC[C@@H](NC(=O)C(Cl)Cl)[C@H](OP(=O)(O)Cc1ccc(NC(=O)C(F)(F)F)cc1)c1ccc([N+](=O)[O-])cc1. The van der Waals surface area contributed by atoms with Crippen molar-refractivity contribution in [2.75, 3.05) is 11.9 Å². The number of carboxylic acid groups (broad SMARTS) is 1. The van der Waals surface area contributed by atoms with Gasteiger partial charge in [0.25, 0.3) is 11.6 Å². The Morgan fingerprint density at radius 3 is 2.13 bits per heavy atom. The molecule has 0 heterocycles. The van der Waals surface area contributed by atoms with E-state index in [1.807, 2.05) is 0 Å². The van der Waals surface area contributed by atoms with Gasteiger partial charge >= 0.3 is 31.6 Å². The van der Waals surface area contributed by atoms with Crippen molar-refractivity contribution >= 4 is 65.9 Å². The van der Waals surface area contributed by atoms with Crippen LogP contribution >= 0.6 is 30.8 Å². The van der Waals surface area contributed by atoms with Gasteiger partial charge in [0, 0.05) is 30.7 Å². The number of hydrogen-bond donors (Lipinski definition) is 4. The molecule has 4 N–H and O–H groups in total. The van der Waals surface area contributed by atoms with Gasteiger partial charge in [-0.2, -0.15) is 13.2 Å². The first-order chi connectivity index (χ1) is 20.9. The molecule has 20 heteroatoms. The van der Waals surface area contributed by atoms with Gasteiger partial charge in [-0.1, -0.05) is 35.3 Å². The maximum Gasteiger partial charge on any atom is 0.471 e. The van der Waals surface area contributed by atoms with Gasteiger partial charge in [-0.05, 0) is 41.8 Å². The molecule has 2 aromatic rings. The molecule has 0 bridgehead atoms. The molecule has 0 spiro atoms. The highest BCUT2D eigenvalue weighted by Gasteiger charge is 2.39. The molecule has 2 amide bonds. The van der Waals surface area contributed by atoms with E-state index in [2.05, 4.69) is 5.32 Å². The molecule has 0 saturated carbocycles. The van der Waals surface area contributed by atoms with Crippen LogP contribution in [0.25, 0.3) is 0 Å². The number of anilines is 1. The zero-order chi connectivity index (χ0) is 33.9. The Kier molecular flexibility index (Phi) is 13.7. The average Bonchev–Trinajstić information content (AvgIpc) is 2.94. The lowest BCUT2D eigenvalue weighted by molar-refractivity contribution is -0.384. The van der Waals surface area contributed by atoms with Crippen molar-refractivity contribution in [1.82, 2.24) is 5.32 Å². The Morgan fingerprint density at radius 2 is 1.62 bits per heavy atom. The standard InChI is InChI=1S/C25H25Cl2F3N3O11P/c26-22(27)23(37)32-18(12-43-20(36)3-1-2-19(34)35)21(15-6-10-17(11-7-15)33(39)40)44-45(41,42)13-14-4-8-16(9-5-14)31-24(38)25(28,29)30/h4-11,18,21-22H,1-3,12-13H2,(H,31,38)(H,32,37)(H,34,35)(H,41,42)/t18-,21-/m1/s1. The summed E-state index contributed by atoms with van der Waals surface area (Å²) in [6, 6.07) is 7.24. The van der Waals surface area contributed by atoms with Gasteiger partial charge in [-0.3, -0.25) is 38.4 Å². The van der Waals surface area contributed by atoms with E-state index < -0.39 is 72.2 Å². The molecule has 0 fully saturated rings. The normalized spacial score (nSPS) is 14.1. The molecule has 0 aliphatic carbocycles. The number of rotatable bonds is 16. The smallest absolute Gasteiger partial charge is 0.471 e. The lowest BCUT2D eigenvalue weighted by Crippen LogP contribution is -2.45. The van der Waals surface area contributed by atoms with E-state index in [4.69, 9.17) is 37.6 Å². The monoisotopic (exact) mass is 701 g/mol. The van der Waals surface area contributed by atoms with Crippen LogP contribution in [0, 0.1) is 10.1 Å². The van der Waals surface area contributed by atoms with Crippen LogP contribution in [0.15, 0.2) is 48.5 Å². The number of non-ortho nitro benzene ring substituents is 1. The number of aliphatic carboxylic acids is 1. The fourth-order valence-electron chi connectivity index (χ4n) is 3.58. The predicted molar refractivity (Wildman–Crippen MR) is 151 cm³/mol. The summed E-state index contributed by atoms with van der Waals surface area (Å²) in [4.78, 5) is 66.0. The molecule has 14 nitrogen and oxygen atoms in total. The summed E-state index contributed by atoms with van der Waals surface area (Å²) >= 11 is 11.3. The van der Waals surface area contributed by atoms with Crippen LogP contribution < -0.4 is 10.6 Å². The van der Waals surface area contributed by atoms with E-state index in [1.54, 1.807) is 5.32 Å². The number of nitro groups is 1.